The zero-order valence-electron chi connectivity index (χ0n) is 62.3. The van der Waals surface area contributed by atoms with Gasteiger partial charge in [0.05, 0.1) is 6.33 Å². The van der Waals surface area contributed by atoms with E-state index in [1.807, 2.05) is 91.5 Å². The van der Waals surface area contributed by atoms with Crippen molar-refractivity contribution in [2.24, 2.45) is 0 Å². The minimum absolute atomic E-state index is 0. The van der Waals surface area contributed by atoms with Gasteiger partial charge in [-0.1, -0.05) is 342 Å². The van der Waals surface area contributed by atoms with Gasteiger partial charge in [0.2, 0.25) is 0 Å². The molecule has 5 aromatic heterocycles. The second-order valence-electron chi connectivity index (χ2n) is 28.2. The van der Waals surface area contributed by atoms with Gasteiger partial charge in [-0.25, -0.2) is 0 Å². The second kappa shape index (κ2) is 32.6. The Morgan fingerprint density at radius 2 is 0.552 bits per heavy atom. The molecule has 0 atom stereocenters. The summed E-state index contributed by atoms with van der Waals surface area (Å²) >= 11 is 0. The molecule has 0 N–H and O–H groups in total. The summed E-state index contributed by atoms with van der Waals surface area (Å²) in [6.45, 7) is 0. The van der Waals surface area contributed by atoms with E-state index in [-0.39, 0.29) is 40.2 Å². The van der Waals surface area contributed by atoms with Crippen LogP contribution in [0.5, 0.6) is 0 Å². The molecular weight excluding hydrogens is 1770 g/mol. The Balaban J connectivity index is 0.00000465. The molecule has 6 nitrogen and oxygen atoms in total. The molecule has 0 aliphatic heterocycles. The largest absolute Gasteiger partial charge is 3.00 e. The molecule has 0 fully saturated rings. The zero-order chi connectivity index (χ0) is 75.7. The van der Waals surface area contributed by atoms with Crippen LogP contribution in [0.15, 0.2) is 389 Å². The van der Waals surface area contributed by atoms with Crippen LogP contribution in [0.2, 0.25) is 0 Å². The van der Waals surface area contributed by atoms with Gasteiger partial charge >= 0.3 is 40.2 Å². The SMILES string of the molecule is [Ir+3].[Ir+3].[c-]1cc(-c2ccccc2-c2cc(-c3ccccc3-c3c[c-]c(-c4cc(-c5[c-]cc(-c6ccccc6-c6ccc(-c7[c-]c(-c8ccccn8)ccc7-c7ccccc7)c7c8ccccc8c8ccc(-c9ccccn9)[c-]c8c67)cc5)ncn4)cc3)ccc2-c2[c-]c(-c3ccccn3)ccc2-c2ccccc2)ccc1-c1ccccn1. The Morgan fingerprint density at radius 3 is 1.03 bits per heavy atom. The molecule has 0 saturated heterocycles. The van der Waals surface area contributed by atoms with E-state index in [9.17, 15) is 0 Å². The summed E-state index contributed by atoms with van der Waals surface area (Å²) < 4.78 is 0. The first-order valence-corrected chi connectivity index (χ1v) is 38.1. The average Bonchev–Trinajstić information content (AvgIpc) is 0.714. The summed E-state index contributed by atoms with van der Waals surface area (Å²) in [5, 5.41) is 6.56. The number of nitrogens with zero attached hydrogens (tertiary/aromatic N) is 6. The van der Waals surface area contributed by atoms with Crippen molar-refractivity contribution in [3.8, 4) is 179 Å². The van der Waals surface area contributed by atoms with Crippen LogP contribution in [0.25, 0.3) is 211 Å². The molecule has 5 heterocycles. The second-order valence-corrected chi connectivity index (χ2v) is 28.2. The van der Waals surface area contributed by atoms with Crippen LogP contribution >= 0.6 is 0 Å². The number of pyridine rings is 4. The third kappa shape index (κ3) is 14.2. The number of hydrogen-bond acceptors (Lipinski definition) is 6. The third-order valence-electron chi connectivity index (χ3n) is 21.5. The first-order valence-electron chi connectivity index (χ1n) is 38.1. The van der Waals surface area contributed by atoms with E-state index in [0.29, 0.717) is 0 Å². The molecule has 0 radical (unpaired) electrons. The molecule has 0 saturated carbocycles. The topological polar surface area (TPSA) is 77.3 Å². The van der Waals surface area contributed by atoms with E-state index in [1.54, 1.807) is 6.33 Å². The maximum Gasteiger partial charge on any atom is 3.00 e. The van der Waals surface area contributed by atoms with Gasteiger partial charge in [0, 0.05) is 41.9 Å². The molecule has 0 amide bonds. The molecular formula is C108H64Ir2N6. The summed E-state index contributed by atoms with van der Waals surface area (Å²) in [4.78, 5) is 28.8. The Bertz CT molecular complexity index is 6970. The van der Waals surface area contributed by atoms with Crippen molar-refractivity contribution in [3.63, 3.8) is 0 Å². The van der Waals surface area contributed by atoms with Crippen molar-refractivity contribution < 1.29 is 40.2 Å². The van der Waals surface area contributed by atoms with Gasteiger partial charge < -0.3 is 4.98 Å². The Labute approximate surface area is 701 Å². The van der Waals surface area contributed by atoms with Crippen LogP contribution in [0.4, 0.5) is 0 Å². The molecule has 0 unspecified atom stereocenters. The van der Waals surface area contributed by atoms with Crippen LogP contribution in [0.3, 0.4) is 0 Å². The van der Waals surface area contributed by atoms with E-state index in [4.69, 9.17) is 24.9 Å². The Hall–Kier alpha value is -13.9. The van der Waals surface area contributed by atoms with Gasteiger partial charge in [0.25, 0.3) is 0 Å². The third-order valence-corrected chi connectivity index (χ3v) is 21.5. The van der Waals surface area contributed by atoms with Crippen molar-refractivity contribution in [1.29, 1.82) is 0 Å². The van der Waals surface area contributed by atoms with E-state index >= 15 is 0 Å². The smallest absolute Gasteiger partial charge is 0.305 e. The van der Waals surface area contributed by atoms with E-state index in [1.165, 1.54) is 0 Å². The van der Waals surface area contributed by atoms with Gasteiger partial charge in [-0.15, -0.1) is 161 Å². The van der Waals surface area contributed by atoms with Crippen molar-refractivity contribution >= 4 is 32.3 Å². The molecule has 116 heavy (non-hydrogen) atoms. The minimum Gasteiger partial charge on any atom is -0.305 e. The average molecular weight is 1830 g/mol. The number of hydrogen-bond donors (Lipinski definition) is 0. The molecule has 20 aromatic rings. The molecule has 0 spiro atoms. The standard InChI is InChI=1S/C108H64N6.2Ir/c1-3-23-71(24-4-1)87-55-52-80(102-36-16-20-62-110-102)66-97(87)93-57-51-79(65-99(93)90-32-12-10-29-85(90)75-39-45-76(46-40-75)101-35-15-19-61-109-101)86-30-8-7-27-83(86)73-41-47-77(48-42-73)105-69-106(114-70-113-105)78-49-43-74(44-50-78)84-28-9-11-31-89(84)95-59-60-96(98-67-81(103-37-17-21-63-111-103)53-56-88(98)72-25-5-2-6-26-72)107-94-34-14-13-33-91(94)92-58-54-82(68-100(92)108(95)107)104-38-18-22-64-112-104;;/h1-45,47,49,51-65,69-70H;;/q-6;2*+3. The number of fused-ring (bicyclic) bond motifs is 6. The van der Waals surface area contributed by atoms with Crippen LogP contribution < -0.4 is 0 Å². The Morgan fingerprint density at radius 1 is 0.190 bits per heavy atom. The van der Waals surface area contributed by atoms with Gasteiger partial charge in [-0.2, -0.15) is 0 Å². The Kier molecular flexibility index (Phi) is 20.7. The van der Waals surface area contributed by atoms with Crippen molar-refractivity contribution in [2.75, 3.05) is 0 Å². The van der Waals surface area contributed by atoms with E-state index in [2.05, 4.69) is 333 Å². The van der Waals surface area contributed by atoms with Gasteiger partial charge in [0.1, 0.15) is 0 Å². The normalized spacial score (nSPS) is 11.1. The predicted molar refractivity (Wildman–Crippen MR) is 466 cm³/mol. The molecule has 8 heteroatoms. The maximum atomic E-state index is 4.86. The number of benzene rings is 15. The summed E-state index contributed by atoms with van der Waals surface area (Å²) in [5.74, 6) is 0. The van der Waals surface area contributed by atoms with Gasteiger partial charge in [-0.3, -0.25) is 24.9 Å². The summed E-state index contributed by atoms with van der Waals surface area (Å²) in [6.07, 6.45) is 8.98. The van der Waals surface area contributed by atoms with E-state index < -0.39 is 0 Å². The van der Waals surface area contributed by atoms with Crippen molar-refractivity contribution in [2.45, 2.75) is 0 Å². The fraction of sp³-hybridized carbons (Fsp3) is 0. The number of aromatic nitrogens is 6. The zero-order valence-corrected chi connectivity index (χ0v) is 67.1. The quantitative estimate of drug-likeness (QED) is 0.0709. The van der Waals surface area contributed by atoms with Gasteiger partial charge in [-0.05, 0) is 85.5 Å². The first-order chi connectivity index (χ1) is 56.5. The summed E-state index contributed by atoms with van der Waals surface area (Å²) in [6, 6.07) is 149. The molecule has 544 valence electrons. The van der Waals surface area contributed by atoms with Crippen LogP contribution in [0.1, 0.15) is 0 Å². The number of rotatable bonds is 16. The fourth-order valence-corrected chi connectivity index (χ4v) is 16.1. The molecule has 20 rings (SSSR count). The van der Waals surface area contributed by atoms with E-state index in [0.717, 1.165) is 211 Å². The monoisotopic (exact) mass is 1830 g/mol. The first kappa shape index (κ1) is 73.5. The molecule has 0 bridgehead atoms. The minimum atomic E-state index is 0. The summed E-state index contributed by atoms with van der Waals surface area (Å²) in [7, 11) is 0. The summed E-state index contributed by atoms with van der Waals surface area (Å²) in [5.41, 5.74) is 31.4. The molecule has 0 aliphatic rings. The predicted octanol–water partition coefficient (Wildman–Crippen LogP) is 27.0. The van der Waals surface area contributed by atoms with Crippen molar-refractivity contribution in [1.82, 2.24) is 29.9 Å². The van der Waals surface area contributed by atoms with Crippen molar-refractivity contribution in [3.05, 3.63) is 425 Å². The van der Waals surface area contributed by atoms with Crippen LogP contribution in [-0.4, -0.2) is 29.9 Å². The molecule has 0 aliphatic carbocycles. The molecule has 15 aromatic carbocycles. The van der Waals surface area contributed by atoms with Gasteiger partial charge in [0.15, 0.2) is 0 Å². The maximum absolute atomic E-state index is 4.86. The van der Waals surface area contributed by atoms with Crippen LogP contribution in [0, 0.1) is 36.4 Å². The van der Waals surface area contributed by atoms with Crippen LogP contribution in [-0.2, 0) is 40.2 Å². The fourth-order valence-electron chi connectivity index (χ4n) is 16.1.